The molecule has 4 aromatic rings. The molecule has 0 amide bonds. The fraction of sp³-hybridized carbons (Fsp3) is 0.136. The third-order valence-corrected chi connectivity index (χ3v) is 5.72. The highest BCUT2D eigenvalue weighted by Gasteiger charge is 2.21. The van der Waals surface area contributed by atoms with Crippen molar-refractivity contribution >= 4 is 27.5 Å². The lowest BCUT2D eigenvalue weighted by Crippen LogP contribution is -2.29. The number of rotatable bonds is 5. The van der Waals surface area contributed by atoms with Gasteiger partial charge in [0.05, 0.1) is 11.7 Å². The molecule has 0 saturated heterocycles. The van der Waals surface area contributed by atoms with E-state index in [1.807, 2.05) is 60.0 Å². The highest BCUT2D eigenvalue weighted by Crippen LogP contribution is 2.32. The predicted octanol–water partition coefficient (Wildman–Crippen LogP) is 4.83. The van der Waals surface area contributed by atoms with Crippen molar-refractivity contribution in [2.45, 2.75) is 19.4 Å². The highest BCUT2D eigenvalue weighted by molar-refractivity contribution is 7.17. The van der Waals surface area contributed by atoms with Crippen LogP contribution in [0.15, 0.2) is 71.1 Å². The van der Waals surface area contributed by atoms with Crippen molar-refractivity contribution in [3.63, 3.8) is 0 Å². The van der Waals surface area contributed by atoms with Crippen LogP contribution in [0.1, 0.15) is 19.4 Å². The van der Waals surface area contributed by atoms with Crippen LogP contribution < -0.4 is 5.56 Å². The summed E-state index contributed by atoms with van der Waals surface area (Å²) in [6.45, 7) is 1.74. The minimum absolute atomic E-state index is 0.313. The van der Waals surface area contributed by atoms with Crippen LogP contribution in [0, 0.1) is 0 Å². The lowest BCUT2D eigenvalue weighted by Gasteiger charge is -2.13. The Labute approximate surface area is 165 Å². The second kappa shape index (κ2) is 7.40. The third kappa shape index (κ3) is 3.12. The molecule has 6 heteroatoms. The summed E-state index contributed by atoms with van der Waals surface area (Å²) in [6, 6.07) is 17.2. The molecule has 0 radical (unpaired) electrons. The monoisotopic (exact) mass is 390 g/mol. The van der Waals surface area contributed by atoms with Crippen LogP contribution in [0.25, 0.3) is 32.5 Å². The summed E-state index contributed by atoms with van der Waals surface area (Å²) < 4.78 is 1.22. The Balaban J connectivity index is 1.81. The van der Waals surface area contributed by atoms with E-state index in [9.17, 15) is 14.7 Å². The summed E-state index contributed by atoms with van der Waals surface area (Å²) in [7, 11) is 0. The van der Waals surface area contributed by atoms with Crippen molar-refractivity contribution in [2.24, 2.45) is 0 Å². The zero-order valence-corrected chi connectivity index (χ0v) is 16.0. The van der Waals surface area contributed by atoms with Crippen molar-refractivity contribution < 1.29 is 9.90 Å². The standard InChI is InChI=1S/C22H18N2O3S/c1-2-18(22(26)27)24-13-23-20-19(21(24)25)17(12-28-20)16-10-8-15(9-11-16)14-6-4-3-5-7-14/h3-13,18H,2H2,1H3,(H,26,27)/t18-/m1/s1. The van der Waals surface area contributed by atoms with Crippen LogP contribution in [0.4, 0.5) is 0 Å². The third-order valence-electron chi connectivity index (χ3n) is 4.83. The first-order chi connectivity index (χ1) is 13.6. The molecule has 0 saturated carbocycles. The minimum Gasteiger partial charge on any atom is -0.480 e. The molecule has 0 spiro atoms. The Morgan fingerprint density at radius 2 is 1.71 bits per heavy atom. The molecule has 4 rings (SSSR count). The van der Waals surface area contributed by atoms with Crippen molar-refractivity contribution in [3.05, 3.63) is 76.7 Å². The molecule has 2 aromatic heterocycles. The average molecular weight is 390 g/mol. The van der Waals surface area contributed by atoms with Crippen molar-refractivity contribution in [2.75, 3.05) is 0 Å². The smallest absolute Gasteiger partial charge is 0.326 e. The van der Waals surface area contributed by atoms with E-state index < -0.39 is 12.0 Å². The van der Waals surface area contributed by atoms with Crippen molar-refractivity contribution in [3.8, 4) is 22.3 Å². The predicted molar refractivity (Wildman–Crippen MR) is 112 cm³/mol. The Kier molecular flexibility index (Phi) is 4.79. The Bertz CT molecular complexity index is 1190. The summed E-state index contributed by atoms with van der Waals surface area (Å²) >= 11 is 1.39. The molecule has 0 aliphatic rings. The first-order valence-electron chi connectivity index (χ1n) is 8.97. The molecular formula is C22H18N2O3S. The molecule has 2 aromatic carbocycles. The Morgan fingerprint density at radius 3 is 2.36 bits per heavy atom. The van der Waals surface area contributed by atoms with Gasteiger partial charge in [-0.2, -0.15) is 0 Å². The fourth-order valence-corrected chi connectivity index (χ4v) is 4.25. The van der Waals surface area contributed by atoms with Gasteiger partial charge in [0, 0.05) is 10.9 Å². The quantitative estimate of drug-likeness (QED) is 0.530. The zero-order valence-electron chi connectivity index (χ0n) is 15.2. The minimum atomic E-state index is -1.03. The Hall–Kier alpha value is -3.25. The van der Waals surface area contributed by atoms with E-state index in [1.165, 1.54) is 22.2 Å². The van der Waals surface area contributed by atoms with Crippen LogP contribution >= 0.6 is 11.3 Å². The normalized spacial score (nSPS) is 12.2. The lowest BCUT2D eigenvalue weighted by molar-refractivity contribution is -0.141. The number of carboxylic acid groups (broad SMARTS) is 1. The maximum atomic E-state index is 13.0. The van der Waals surface area contributed by atoms with Gasteiger partial charge in [-0.15, -0.1) is 11.3 Å². The maximum absolute atomic E-state index is 13.0. The molecule has 0 bridgehead atoms. The van der Waals surface area contributed by atoms with Crippen LogP contribution in [0.2, 0.25) is 0 Å². The maximum Gasteiger partial charge on any atom is 0.326 e. The molecule has 1 atom stereocenters. The van der Waals surface area contributed by atoms with Gasteiger partial charge in [-0.25, -0.2) is 9.78 Å². The van der Waals surface area contributed by atoms with E-state index in [4.69, 9.17) is 0 Å². The number of aromatic nitrogens is 2. The Morgan fingerprint density at radius 1 is 1.07 bits per heavy atom. The van der Waals surface area contributed by atoms with Crippen molar-refractivity contribution in [1.82, 2.24) is 9.55 Å². The molecule has 0 fully saturated rings. The van der Waals surface area contributed by atoms with Crippen LogP contribution in [-0.2, 0) is 4.79 Å². The molecule has 0 aliphatic heterocycles. The van der Waals surface area contributed by atoms with Gasteiger partial charge in [-0.1, -0.05) is 61.5 Å². The van der Waals surface area contributed by atoms with Gasteiger partial charge in [0.15, 0.2) is 0 Å². The van der Waals surface area contributed by atoms with E-state index >= 15 is 0 Å². The summed E-state index contributed by atoms with van der Waals surface area (Å²) in [5.41, 5.74) is 3.59. The van der Waals surface area contributed by atoms with Gasteiger partial charge >= 0.3 is 5.97 Å². The van der Waals surface area contributed by atoms with Gasteiger partial charge in [0.25, 0.3) is 5.56 Å². The van der Waals surface area contributed by atoms with Gasteiger partial charge in [0.2, 0.25) is 0 Å². The van der Waals surface area contributed by atoms with Crippen LogP contribution in [-0.4, -0.2) is 20.6 Å². The molecule has 5 nitrogen and oxygen atoms in total. The largest absolute Gasteiger partial charge is 0.480 e. The molecule has 1 N–H and O–H groups in total. The fourth-order valence-electron chi connectivity index (χ4n) is 3.34. The number of thiophene rings is 1. The number of aliphatic carboxylic acids is 1. The molecule has 0 aliphatic carbocycles. The first-order valence-corrected chi connectivity index (χ1v) is 9.85. The topological polar surface area (TPSA) is 72.2 Å². The van der Waals surface area contributed by atoms with Crippen molar-refractivity contribution in [1.29, 1.82) is 0 Å². The summed E-state index contributed by atoms with van der Waals surface area (Å²) in [4.78, 5) is 29.5. The van der Waals surface area contributed by atoms with E-state index in [1.54, 1.807) is 6.92 Å². The number of hydrogen-bond acceptors (Lipinski definition) is 4. The number of fused-ring (bicyclic) bond motifs is 1. The molecule has 140 valence electrons. The van der Waals surface area contributed by atoms with E-state index in [2.05, 4.69) is 4.98 Å². The van der Waals surface area contributed by atoms with E-state index in [0.717, 1.165) is 22.3 Å². The first kappa shape index (κ1) is 18.1. The number of benzene rings is 2. The second-order valence-electron chi connectivity index (χ2n) is 6.49. The summed E-state index contributed by atoms with van der Waals surface area (Å²) in [5, 5.41) is 11.8. The van der Waals surface area contributed by atoms with Gasteiger partial charge in [-0.3, -0.25) is 9.36 Å². The van der Waals surface area contributed by atoms with Gasteiger partial charge in [-0.05, 0) is 23.1 Å². The SMILES string of the molecule is CC[C@H](C(=O)O)n1cnc2scc(-c3ccc(-c4ccccc4)cc3)c2c1=O. The second-order valence-corrected chi connectivity index (χ2v) is 7.35. The van der Waals surface area contributed by atoms with Crippen LogP contribution in [0.3, 0.4) is 0 Å². The zero-order chi connectivity index (χ0) is 19.7. The summed E-state index contributed by atoms with van der Waals surface area (Å²) in [6.07, 6.45) is 1.65. The number of hydrogen-bond donors (Lipinski definition) is 1. The highest BCUT2D eigenvalue weighted by atomic mass is 32.1. The molecule has 28 heavy (non-hydrogen) atoms. The van der Waals surface area contributed by atoms with E-state index in [-0.39, 0.29) is 5.56 Å². The average Bonchev–Trinajstić information content (AvgIpc) is 3.16. The number of carbonyl (C=O) groups is 1. The number of nitrogens with zero attached hydrogens (tertiary/aromatic N) is 2. The molecular weight excluding hydrogens is 372 g/mol. The van der Waals surface area contributed by atoms with E-state index in [0.29, 0.717) is 16.6 Å². The van der Waals surface area contributed by atoms with Gasteiger partial charge in [0.1, 0.15) is 10.9 Å². The molecule has 0 unspecified atom stereocenters. The lowest BCUT2D eigenvalue weighted by atomic mass is 10.0. The molecule has 2 heterocycles. The van der Waals surface area contributed by atoms with Crippen LogP contribution in [0.5, 0.6) is 0 Å². The van der Waals surface area contributed by atoms with Gasteiger partial charge < -0.3 is 5.11 Å². The number of carboxylic acids is 1. The summed E-state index contributed by atoms with van der Waals surface area (Å²) in [5.74, 6) is -1.03.